The number of sulfonamides is 1. The number of rotatable bonds is 5. The predicted molar refractivity (Wildman–Crippen MR) is 118 cm³/mol. The first-order valence-corrected chi connectivity index (χ1v) is 12.6. The summed E-state index contributed by atoms with van der Waals surface area (Å²) in [5.41, 5.74) is -0.537. The Morgan fingerprint density at radius 3 is 2.56 bits per heavy atom. The maximum absolute atomic E-state index is 13.2. The van der Waals surface area contributed by atoms with E-state index in [1.54, 1.807) is 36.6 Å². The van der Waals surface area contributed by atoms with Gasteiger partial charge in [0.25, 0.3) is 0 Å². The molecule has 1 aromatic heterocycles. The van der Waals surface area contributed by atoms with Crippen molar-refractivity contribution in [3.63, 3.8) is 0 Å². The van der Waals surface area contributed by atoms with Crippen molar-refractivity contribution in [3.8, 4) is 5.75 Å². The van der Waals surface area contributed by atoms with Crippen molar-refractivity contribution in [1.82, 2.24) is 9.21 Å². The normalized spacial score (nSPS) is 22.4. The summed E-state index contributed by atoms with van der Waals surface area (Å²) in [6, 6.07) is 11.1. The third-order valence-corrected chi connectivity index (χ3v) is 8.15. The molecule has 188 valence electrons. The molecule has 2 aliphatic rings. The van der Waals surface area contributed by atoms with Crippen molar-refractivity contribution in [2.75, 3.05) is 39.9 Å². The number of methoxy groups -OCH3 is 1. The number of likely N-dealkylation sites (tertiary alicyclic amines) is 1. The first kappa shape index (κ1) is 26.4. The zero-order valence-electron chi connectivity index (χ0n) is 18.3. The lowest BCUT2D eigenvalue weighted by molar-refractivity contribution is -0.192. The Kier molecular flexibility index (Phi) is 8.24. The zero-order valence-corrected chi connectivity index (χ0v) is 20.0. The quantitative estimate of drug-likeness (QED) is 0.645. The molecule has 8 nitrogen and oxygen atoms in total. The number of benzene rings is 1. The van der Waals surface area contributed by atoms with Crippen LogP contribution in [-0.2, 0) is 26.1 Å². The number of alkyl halides is 3. The van der Waals surface area contributed by atoms with Gasteiger partial charge in [-0.15, -0.1) is 11.3 Å². The fraction of sp³-hybridized carbons (Fsp3) is 0.476. The van der Waals surface area contributed by atoms with E-state index in [0.717, 1.165) is 19.5 Å². The average Bonchev–Trinajstić information content (AvgIpc) is 3.40. The third kappa shape index (κ3) is 6.27. The van der Waals surface area contributed by atoms with Gasteiger partial charge < -0.3 is 14.6 Å². The highest BCUT2D eigenvalue weighted by molar-refractivity contribution is 7.89. The lowest BCUT2D eigenvalue weighted by Crippen LogP contribution is -2.49. The summed E-state index contributed by atoms with van der Waals surface area (Å²) < 4.78 is 71.2. The van der Waals surface area contributed by atoms with Gasteiger partial charge >= 0.3 is 12.1 Å². The highest BCUT2D eigenvalue weighted by Crippen LogP contribution is 2.38. The smallest absolute Gasteiger partial charge is 0.483 e. The second kappa shape index (κ2) is 10.6. The first-order valence-electron chi connectivity index (χ1n) is 10.3. The summed E-state index contributed by atoms with van der Waals surface area (Å²) >= 11 is 1.74. The van der Waals surface area contributed by atoms with Gasteiger partial charge in [-0.2, -0.15) is 17.5 Å². The van der Waals surface area contributed by atoms with E-state index >= 15 is 0 Å². The molecule has 2 aromatic rings. The number of hydrogen-bond donors (Lipinski definition) is 1. The minimum Gasteiger partial charge on any atom is -0.483 e. The molecule has 1 saturated heterocycles. The Hall–Kier alpha value is -2.19. The molecule has 34 heavy (non-hydrogen) atoms. The molecule has 0 radical (unpaired) electrons. The molecule has 0 aliphatic carbocycles. The van der Waals surface area contributed by atoms with Crippen LogP contribution in [0, 0.1) is 0 Å². The van der Waals surface area contributed by atoms with Gasteiger partial charge in [0.15, 0.2) is 0 Å². The van der Waals surface area contributed by atoms with Gasteiger partial charge in [-0.3, -0.25) is 4.90 Å². The maximum atomic E-state index is 13.2. The molecule has 1 aromatic carbocycles. The van der Waals surface area contributed by atoms with E-state index in [1.807, 2.05) is 6.07 Å². The van der Waals surface area contributed by atoms with Crippen molar-refractivity contribution < 1.29 is 41.0 Å². The average molecular weight is 523 g/mol. The van der Waals surface area contributed by atoms with Crippen LogP contribution in [0.2, 0.25) is 0 Å². The molecule has 1 spiro atoms. The molecule has 1 N–H and O–H groups in total. The van der Waals surface area contributed by atoms with Gasteiger partial charge in [0.1, 0.15) is 16.2 Å². The maximum Gasteiger partial charge on any atom is 0.490 e. The Balaban J connectivity index is 0.000000406. The van der Waals surface area contributed by atoms with Crippen molar-refractivity contribution in [3.05, 3.63) is 46.7 Å². The largest absolute Gasteiger partial charge is 0.490 e. The van der Waals surface area contributed by atoms with E-state index in [4.69, 9.17) is 19.4 Å². The molecule has 0 bridgehead atoms. The van der Waals surface area contributed by atoms with E-state index in [0.29, 0.717) is 32.0 Å². The summed E-state index contributed by atoms with van der Waals surface area (Å²) in [5.74, 6) is -2.30. The summed E-state index contributed by atoms with van der Waals surface area (Å²) in [6.45, 7) is 3.49. The molecule has 0 amide bonds. The lowest BCUT2D eigenvalue weighted by atomic mass is 10.0. The fourth-order valence-corrected chi connectivity index (χ4v) is 6.21. The second-order valence-electron chi connectivity index (χ2n) is 7.91. The van der Waals surface area contributed by atoms with Crippen LogP contribution in [0.15, 0.2) is 46.7 Å². The lowest BCUT2D eigenvalue weighted by Gasteiger charge is -2.32. The molecule has 2 aliphatic heterocycles. The van der Waals surface area contributed by atoms with E-state index in [-0.39, 0.29) is 4.90 Å². The van der Waals surface area contributed by atoms with Crippen molar-refractivity contribution in [1.29, 1.82) is 0 Å². The second-order valence-corrected chi connectivity index (χ2v) is 10.8. The van der Waals surface area contributed by atoms with Crippen LogP contribution in [0.3, 0.4) is 0 Å². The highest BCUT2D eigenvalue weighted by atomic mass is 32.2. The van der Waals surface area contributed by atoms with Gasteiger partial charge in [0.2, 0.25) is 10.0 Å². The molecule has 3 heterocycles. The molecule has 4 rings (SSSR count). The standard InChI is InChI=1S/C19H24N2O4S2.C2HF3O2/c1-24-11-10-21-15-19(8-9-20(14-19)13-16-5-4-12-26-16)25-17-6-2-3-7-18(17)27(21,22)23;3-2(4,5)1(6)7/h2-7,12H,8-11,13-15H2,1H3;(H,6,7). The molecular formula is C21H25F3N2O6S2. The fourth-order valence-electron chi connectivity index (χ4n) is 3.85. The number of fused-ring (bicyclic) bond motifs is 1. The predicted octanol–water partition coefficient (Wildman–Crippen LogP) is 3.06. The van der Waals surface area contributed by atoms with E-state index in [9.17, 15) is 21.6 Å². The number of thiophene rings is 1. The van der Waals surface area contributed by atoms with Crippen LogP contribution in [0.5, 0.6) is 5.75 Å². The molecule has 1 atom stereocenters. The molecular weight excluding hydrogens is 497 g/mol. The Morgan fingerprint density at radius 2 is 1.94 bits per heavy atom. The summed E-state index contributed by atoms with van der Waals surface area (Å²) in [4.78, 5) is 12.8. The number of ether oxygens (including phenoxy) is 2. The van der Waals surface area contributed by atoms with Crippen molar-refractivity contribution in [2.45, 2.75) is 29.6 Å². The highest BCUT2D eigenvalue weighted by Gasteiger charge is 2.47. The summed E-state index contributed by atoms with van der Waals surface area (Å²) in [6.07, 6.45) is -4.29. The van der Waals surface area contributed by atoms with Crippen LogP contribution in [0.4, 0.5) is 13.2 Å². The van der Waals surface area contributed by atoms with E-state index in [2.05, 4.69) is 22.4 Å². The topological polar surface area (TPSA) is 96.4 Å². The Morgan fingerprint density at radius 1 is 1.24 bits per heavy atom. The monoisotopic (exact) mass is 522 g/mol. The van der Waals surface area contributed by atoms with Crippen molar-refractivity contribution in [2.24, 2.45) is 0 Å². The number of carbonyl (C=O) groups is 1. The number of carboxylic acid groups (broad SMARTS) is 1. The molecule has 13 heteroatoms. The van der Waals surface area contributed by atoms with Crippen LogP contribution < -0.4 is 4.74 Å². The van der Waals surface area contributed by atoms with Gasteiger partial charge in [0.05, 0.1) is 13.2 Å². The van der Waals surface area contributed by atoms with E-state index in [1.165, 1.54) is 9.18 Å². The van der Waals surface area contributed by atoms with Gasteiger partial charge in [-0.05, 0) is 23.6 Å². The summed E-state index contributed by atoms with van der Waals surface area (Å²) in [7, 11) is -2.02. The van der Waals surface area contributed by atoms with Crippen LogP contribution in [0.25, 0.3) is 0 Å². The van der Waals surface area contributed by atoms with Gasteiger partial charge in [0, 0.05) is 44.6 Å². The summed E-state index contributed by atoms with van der Waals surface area (Å²) in [5, 5.41) is 9.21. The van der Waals surface area contributed by atoms with Crippen LogP contribution in [-0.4, -0.2) is 80.4 Å². The Bertz CT molecular complexity index is 1080. The third-order valence-electron chi connectivity index (χ3n) is 5.40. The van der Waals surface area contributed by atoms with Crippen LogP contribution in [0.1, 0.15) is 11.3 Å². The van der Waals surface area contributed by atoms with Gasteiger partial charge in [-0.1, -0.05) is 18.2 Å². The zero-order chi connectivity index (χ0) is 25.0. The van der Waals surface area contributed by atoms with E-state index < -0.39 is 27.8 Å². The molecule has 1 fully saturated rings. The van der Waals surface area contributed by atoms with Gasteiger partial charge in [-0.25, -0.2) is 13.2 Å². The number of carboxylic acids is 1. The number of halogens is 3. The minimum absolute atomic E-state index is 0.245. The first-order chi connectivity index (χ1) is 16.0. The molecule has 1 unspecified atom stereocenters. The number of para-hydroxylation sites is 1. The number of hydrogen-bond acceptors (Lipinski definition) is 7. The Labute approximate surface area is 199 Å². The minimum atomic E-state index is -5.08. The van der Waals surface area contributed by atoms with Crippen LogP contribution >= 0.6 is 11.3 Å². The number of nitrogens with zero attached hydrogens (tertiary/aromatic N) is 2. The SMILES string of the molecule is COCCN1CC2(CCN(Cc3cccs3)C2)Oc2ccccc2S1(=O)=O.O=C(O)C(F)(F)F. The van der Waals surface area contributed by atoms with Crippen molar-refractivity contribution >= 4 is 27.3 Å². The molecule has 0 saturated carbocycles. The number of aliphatic carboxylic acids is 1.